The van der Waals surface area contributed by atoms with Gasteiger partial charge in [0.25, 0.3) is 5.91 Å². The lowest BCUT2D eigenvalue weighted by Gasteiger charge is -2.14. The molecular weight excluding hydrogens is 286 g/mol. The predicted octanol–water partition coefficient (Wildman–Crippen LogP) is 0.525. The van der Waals surface area contributed by atoms with Crippen LogP contribution in [0.2, 0.25) is 0 Å². The summed E-state index contributed by atoms with van der Waals surface area (Å²) in [7, 11) is -3.08. The monoisotopic (exact) mass is 303 g/mol. The third-order valence-corrected chi connectivity index (χ3v) is 5.99. The second-order valence-electron chi connectivity index (χ2n) is 4.47. The van der Waals surface area contributed by atoms with E-state index < -0.39 is 10.0 Å². The molecule has 0 bridgehead atoms. The fraction of sp³-hybridized carbons (Fsp3) is 0.636. The summed E-state index contributed by atoms with van der Waals surface area (Å²) in [6, 6.07) is 0. The Hall–Kier alpha value is -0.990. The highest BCUT2D eigenvalue weighted by atomic mass is 32.2. The molecule has 1 aliphatic rings. The quantitative estimate of drug-likeness (QED) is 0.880. The zero-order valence-corrected chi connectivity index (χ0v) is 12.6. The van der Waals surface area contributed by atoms with Gasteiger partial charge in [0.05, 0.1) is 16.5 Å². The SMILES string of the molecule is Cc1nc(C)c(C(=O)NCCN2CCCS2(=O)=O)s1. The molecule has 0 radical (unpaired) electrons. The Morgan fingerprint density at radius 1 is 1.47 bits per heavy atom. The van der Waals surface area contributed by atoms with E-state index in [0.717, 1.165) is 5.01 Å². The van der Waals surface area contributed by atoms with Crippen LogP contribution in [-0.4, -0.2) is 49.0 Å². The third-order valence-electron chi connectivity index (χ3n) is 2.96. The molecule has 0 spiro atoms. The van der Waals surface area contributed by atoms with Gasteiger partial charge in [0, 0.05) is 19.6 Å². The largest absolute Gasteiger partial charge is 0.350 e. The minimum absolute atomic E-state index is 0.181. The summed E-state index contributed by atoms with van der Waals surface area (Å²) >= 11 is 1.35. The molecule has 1 fully saturated rings. The van der Waals surface area contributed by atoms with Gasteiger partial charge in [-0.05, 0) is 20.3 Å². The van der Waals surface area contributed by atoms with E-state index in [0.29, 0.717) is 36.6 Å². The molecule has 1 aromatic heterocycles. The number of nitrogens with one attached hydrogen (secondary N) is 1. The fourth-order valence-corrected chi connectivity index (χ4v) is 4.42. The summed E-state index contributed by atoms with van der Waals surface area (Å²) in [5.74, 6) is 0.0355. The Morgan fingerprint density at radius 2 is 2.21 bits per heavy atom. The number of carbonyl (C=O) groups excluding carboxylic acids is 1. The van der Waals surface area contributed by atoms with Gasteiger partial charge in [0.15, 0.2) is 0 Å². The summed E-state index contributed by atoms with van der Waals surface area (Å²) in [5.41, 5.74) is 0.716. The second kappa shape index (κ2) is 5.56. The van der Waals surface area contributed by atoms with E-state index in [9.17, 15) is 13.2 Å². The first-order valence-corrected chi connectivity index (χ1v) is 8.53. The van der Waals surface area contributed by atoms with E-state index in [1.54, 1.807) is 6.92 Å². The van der Waals surface area contributed by atoms with Crippen LogP contribution >= 0.6 is 11.3 Å². The van der Waals surface area contributed by atoms with E-state index in [1.165, 1.54) is 15.6 Å². The normalized spacial score (nSPS) is 18.6. The van der Waals surface area contributed by atoms with Crippen molar-refractivity contribution < 1.29 is 13.2 Å². The Morgan fingerprint density at radius 3 is 2.74 bits per heavy atom. The maximum absolute atomic E-state index is 11.9. The van der Waals surface area contributed by atoms with Crippen molar-refractivity contribution in [2.24, 2.45) is 0 Å². The van der Waals surface area contributed by atoms with Crippen LogP contribution in [0.25, 0.3) is 0 Å². The molecule has 6 nitrogen and oxygen atoms in total. The number of rotatable bonds is 4. The summed E-state index contributed by atoms with van der Waals surface area (Å²) < 4.78 is 24.6. The average molecular weight is 303 g/mol. The minimum atomic E-state index is -3.08. The van der Waals surface area contributed by atoms with Crippen molar-refractivity contribution in [3.05, 3.63) is 15.6 Å². The van der Waals surface area contributed by atoms with Crippen LogP contribution in [0.5, 0.6) is 0 Å². The molecule has 1 aliphatic heterocycles. The summed E-state index contributed by atoms with van der Waals surface area (Å²) in [6.45, 7) is 4.87. The van der Waals surface area contributed by atoms with Gasteiger partial charge in [-0.3, -0.25) is 4.79 Å². The van der Waals surface area contributed by atoms with Crippen LogP contribution < -0.4 is 5.32 Å². The van der Waals surface area contributed by atoms with Crippen LogP contribution in [0.4, 0.5) is 0 Å². The van der Waals surface area contributed by atoms with Crippen molar-refractivity contribution in [2.75, 3.05) is 25.4 Å². The average Bonchev–Trinajstić information content (AvgIpc) is 2.81. The fourth-order valence-electron chi connectivity index (χ4n) is 2.06. The first-order valence-electron chi connectivity index (χ1n) is 6.10. The molecule has 0 unspecified atom stereocenters. The Bertz CT molecular complexity index is 580. The zero-order valence-electron chi connectivity index (χ0n) is 11.0. The number of nitrogens with zero attached hydrogens (tertiary/aromatic N) is 2. The lowest BCUT2D eigenvalue weighted by Crippen LogP contribution is -2.35. The van der Waals surface area contributed by atoms with Gasteiger partial charge in [-0.15, -0.1) is 11.3 Å². The number of aryl methyl sites for hydroxylation is 2. The van der Waals surface area contributed by atoms with Gasteiger partial charge in [-0.25, -0.2) is 17.7 Å². The highest BCUT2D eigenvalue weighted by Gasteiger charge is 2.27. The maximum atomic E-state index is 11.9. The van der Waals surface area contributed by atoms with Gasteiger partial charge in [-0.2, -0.15) is 0 Å². The summed E-state index contributed by atoms with van der Waals surface area (Å²) in [4.78, 5) is 16.7. The van der Waals surface area contributed by atoms with E-state index in [-0.39, 0.29) is 11.7 Å². The van der Waals surface area contributed by atoms with Gasteiger partial charge >= 0.3 is 0 Å². The standard InChI is InChI=1S/C11H17N3O3S2/c1-8-10(18-9(2)13-8)11(15)12-4-6-14-5-3-7-19(14,16)17/h3-7H2,1-2H3,(H,12,15). The number of hydrogen-bond acceptors (Lipinski definition) is 5. The van der Waals surface area contributed by atoms with Crippen molar-refractivity contribution in [2.45, 2.75) is 20.3 Å². The van der Waals surface area contributed by atoms with Crippen molar-refractivity contribution in [3.8, 4) is 0 Å². The number of amides is 1. The second-order valence-corrected chi connectivity index (χ2v) is 7.76. The van der Waals surface area contributed by atoms with Crippen molar-refractivity contribution in [1.82, 2.24) is 14.6 Å². The molecule has 1 aromatic rings. The highest BCUT2D eigenvalue weighted by molar-refractivity contribution is 7.89. The summed E-state index contributed by atoms with van der Waals surface area (Å²) in [5, 5.41) is 3.59. The predicted molar refractivity (Wildman–Crippen MR) is 73.9 cm³/mol. The zero-order chi connectivity index (χ0) is 14.0. The van der Waals surface area contributed by atoms with Crippen molar-refractivity contribution in [1.29, 1.82) is 0 Å². The van der Waals surface area contributed by atoms with Gasteiger partial charge in [0.2, 0.25) is 10.0 Å². The maximum Gasteiger partial charge on any atom is 0.263 e. The van der Waals surface area contributed by atoms with E-state index in [2.05, 4.69) is 10.3 Å². The Kier molecular flexibility index (Phi) is 4.22. The molecule has 0 aromatic carbocycles. The minimum Gasteiger partial charge on any atom is -0.350 e. The lowest BCUT2D eigenvalue weighted by molar-refractivity contribution is 0.0955. The number of thiazole rings is 1. The lowest BCUT2D eigenvalue weighted by atomic mass is 10.3. The van der Waals surface area contributed by atoms with Crippen molar-refractivity contribution in [3.63, 3.8) is 0 Å². The molecular formula is C11H17N3O3S2. The highest BCUT2D eigenvalue weighted by Crippen LogP contribution is 2.16. The van der Waals surface area contributed by atoms with Crippen LogP contribution in [0.1, 0.15) is 26.8 Å². The summed E-state index contributed by atoms with van der Waals surface area (Å²) in [6.07, 6.45) is 0.670. The van der Waals surface area contributed by atoms with Gasteiger partial charge in [-0.1, -0.05) is 0 Å². The topological polar surface area (TPSA) is 79.4 Å². The van der Waals surface area contributed by atoms with E-state index >= 15 is 0 Å². The Labute approximate surface area is 116 Å². The molecule has 106 valence electrons. The van der Waals surface area contributed by atoms with E-state index in [4.69, 9.17) is 0 Å². The smallest absolute Gasteiger partial charge is 0.263 e. The van der Waals surface area contributed by atoms with Gasteiger partial charge in [0.1, 0.15) is 4.88 Å². The third kappa shape index (κ3) is 3.31. The van der Waals surface area contributed by atoms with E-state index in [1.807, 2.05) is 6.92 Å². The van der Waals surface area contributed by atoms with Crippen LogP contribution in [-0.2, 0) is 10.0 Å². The molecule has 1 N–H and O–H groups in total. The molecule has 0 aliphatic carbocycles. The van der Waals surface area contributed by atoms with Crippen LogP contribution in [0.15, 0.2) is 0 Å². The molecule has 19 heavy (non-hydrogen) atoms. The first-order chi connectivity index (χ1) is 8.90. The first kappa shape index (κ1) is 14.4. The van der Waals surface area contributed by atoms with Crippen LogP contribution in [0.3, 0.4) is 0 Å². The molecule has 8 heteroatoms. The molecule has 2 rings (SSSR count). The molecule has 0 saturated carbocycles. The molecule has 0 atom stereocenters. The Balaban J connectivity index is 1.86. The van der Waals surface area contributed by atoms with Crippen LogP contribution in [0, 0.1) is 13.8 Å². The van der Waals surface area contributed by atoms with Crippen molar-refractivity contribution >= 4 is 27.3 Å². The van der Waals surface area contributed by atoms with Gasteiger partial charge < -0.3 is 5.32 Å². The molecule has 2 heterocycles. The molecule has 1 saturated heterocycles. The number of carbonyl (C=O) groups is 1. The molecule has 1 amide bonds. The number of aromatic nitrogens is 1. The number of hydrogen-bond donors (Lipinski definition) is 1. The number of sulfonamides is 1.